The molecule has 1 N–H and O–H groups in total. The van der Waals surface area contributed by atoms with Crippen LogP contribution in [0.3, 0.4) is 0 Å². The zero-order chi connectivity index (χ0) is 22.3. The molecule has 0 saturated carbocycles. The molecule has 0 spiro atoms. The number of rotatable bonds is 5. The molecule has 6 nitrogen and oxygen atoms in total. The van der Waals surface area contributed by atoms with E-state index in [4.69, 9.17) is 9.15 Å². The van der Waals surface area contributed by atoms with Crippen LogP contribution in [-0.2, 0) is 14.8 Å². The van der Waals surface area contributed by atoms with E-state index in [2.05, 4.69) is 20.7 Å². The summed E-state index contributed by atoms with van der Waals surface area (Å²) < 4.78 is 40.8. The second-order valence-corrected chi connectivity index (χ2v) is 9.99. The van der Waals surface area contributed by atoms with Gasteiger partial charge in [0.05, 0.1) is 16.7 Å². The highest BCUT2D eigenvalue weighted by Gasteiger charge is 2.24. The second-order valence-electron chi connectivity index (χ2n) is 7.39. The molecule has 0 aliphatic rings. The Bertz CT molecular complexity index is 1410. The van der Waals surface area contributed by atoms with Crippen LogP contribution in [0.25, 0.3) is 21.7 Å². The van der Waals surface area contributed by atoms with Crippen molar-refractivity contribution in [1.82, 2.24) is 0 Å². The summed E-state index contributed by atoms with van der Waals surface area (Å²) in [5.41, 5.74) is 1.15. The first-order valence-corrected chi connectivity index (χ1v) is 11.9. The van der Waals surface area contributed by atoms with E-state index in [-0.39, 0.29) is 11.0 Å². The van der Waals surface area contributed by atoms with Gasteiger partial charge in [-0.1, -0.05) is 40.2 Å². The maximum Gasteiger partial charge on any atom is 0.342 e. The Morgan fingerprint density at radius 1 is 1.03 bits per heavy atom. The molecular formula is C23H20BrNO5S. The minimum Gasteiger partial charge on any atom is -0.460 e. The quantitative estimate of drug-likeness (QED) is 0.337. The first kappa shape index (κ1) is 21.4. The largest absolute Gasteiger partial charge is 0.460 e. The number of esters is 1. The van der Waals surface area contributed by atoms with Gasteiger partial charge in [-0.3, -0.25) is 4.72 Å². The Morgan fingerprint density at radius 3 is 2.32 bits per heavy atom. The minimum absolute atomic E-state index is 0.127. The molecule has 0 fully saturated rings. The molecule has 0 radical (unpaired) electrons. The van der Waals surface area contributed by atoms with Gasteiger partial charge >= 0.3 is 5.97 Å². The van der Waals surface area contributed by atoms with Crippen molar-refractivity contribution in [2.75, 3.05) is 4.72 Å². The summed E-state index contributed by atoms with van der Waals surface area (Å²) in [6.07, 6.45) is -0.298. The molecule has 1 heterocycles. The molecule has 1 aromatic heterocycles. The minimum atomic E-state index is -3.85. The van der Waals surface area contributed by atoms with Crippen molar-refractivity contribution in [3.63, 3.8) is 0 Å². The fraction of sp³-hybridized carbons (Fsp3) is 0.174. The average Bonchev–Trinajstić information content (AvgIpc) is 3.04. The number of furan rings is 1. The van der Waals surface area contributed by atoms with Gasteiger partial charge in [0, 0.05) is 20.6 Å². The molecule has 3 aromatic carbocycles. The Morgan fingerprint density at radius 2 is 1.68 bits per heavy atom. The normalized spacial score (nSPS) is 11.9. The van der Waals surface area contributed by atoms with Gasteiger partial charge < -0.3 is 9.15 Å². The summed E-state index contributed by atoms with van der Waals surface area (Å²) in [4.78, 5) is 12.8. The molecule has 0 amide bonds. The molecule has 0 unspecified atom stereocenters. The van der Waals surface area contributed by atoms with E-state index in [1.54, 1.807) is 45.0 Å². The first-order chi connectivity index (χ1) is 14.7. The fourth-order valence-corrected chi connectivity index (χ4v) is 4.80. The molecule has 0 bridgehead atoms. The van der Waals surface area contributed by atoms with E-state index in [0.717, 1.165) is 4.47 Å². The van der Waals surface area contributed by atoms with Gasteiger partial charge in [0.15, 0.2) is 0 Å². The summed E-state index contributed by atoms with van der Waals surface area (Å²) in [5, 5.41) is 1.85. The molecule has 31 heavy (non-hydrogen) atoms. The summed E-state index contributed by atoms with van der Waals surface area (Å²) >= 11 is 3.31. The maximum absolute atomic E-state index is 13.0. The fourth-order valence-electron chi connectivity index (χ4n) is 3.47. The van der Waals surface area contributed by atoms with Crippen molar-refractivity contribution in [2.45, 2.75) is 31.8 Å². The average molecular weight is 502 g/mol. The highest BCUT2D eigenvalue weighted by Crippen LogP contribution is 2.37. The SMILES string of the molecule is Cc1oc2c(cc(NS(=O)(=O)c3ccc(Br)cc3)c3ccccc32)c1C(=O)OC(C)C. The lowest BCUT2D eigenvalue weighted by Gasteiger charge is -2.12. The van der Waals surface area contributed by atoms with Crippen LogP contribution in [0.4, 0.5) is 5.69 Å². The molecule has 160 valence electrons. The Hall–Kier alpha value is -2.84. The van der Waals surface area contributed by atoms with Crippen LogP contribution in [0.15, 0.2) is 68.4 Å². The lowest BCUT2D eigenvalue weighted by molar-refractivity contribution is 0.0378. The summed E-state index contributed by atoms with van der Waals surface area (Å²) in [7, 11) is -3.85. The lowest BCUT2D eigenvalue weighted by atomic mass is 10.0. The van der Waals surface area contributed by atoms with Crippen LogP contribution in [0.2, 0.25) is 0 Å². The topological polar surface area (TPSA) is 85.6 Å². The number of aryl methyl sites for hydroxylation is 1. The van der Waals surface area contributed by atoms with E-state index < -0.39 is 16.0 Å². The molecule has 0 aliphatic carbocycles. The van der Waals surface area contributed by atoms with Crippen molar-refractivity contribution >= 4 is 59.4 Å². The van der Waals surface area contributed by atoms with Crippen LogP contribution in [0.1, 0.15) is 30.0 Å². The van der Waals surface area contributed by atoms with Gasteiger partial charge in [0.1, 0.15) is 16.9 Å². The third-order valence-electron chi connectivity index (χ3n) is 4.79. The number of hydrogen-bond acceptors (Lipinski definition) is 5. The van der Waals surface area contributed by atoms with Crippen molar-refractivity contribution in [2.24, 2.45) is 0 Å². The van der Waals surface area contributed by atoms with Crippen molar-refractivity contribution in [3.8, 4) is 0 Å². The van der Waals surface area contributed by atoms with E-state index in [9.17, 15) is 13.2 Å². The number of sulfonamides is 1. The Kier molecular flexibility index (Phi) is 5.53. The second kappa shape index (κ2) is 8.01. The number of halogens is 1. The van der Waals surface area contributed by atoms with Crippen LogP contribution >= 0.6 is 15.9 Å². The van der Waals surface area contributed by atoms with Gasteiger partial charge in [-0.25, -0.2) is 13.2 Å². The summed E-state index contributed by atoms with van der Waals surface area (Å²) in [5.74, 6) is -0.0954. The molecule has 4 aromatic rings. The van der Waals surface area contributed by atoms with Gasteiger partial charge in [-0.2, -0.15) is 0 Å². The molecule has 0 atom stereocenters. The molecule has 8 heteroatoms. The zero-order valence-electron chi connectivity index (χ0n) is 17.1. The van der Waals surface area contributed by atoms with E-state index in [1.165, 1.54) is 12.1 Å². The van der Waals surface area contributed by atoms with Gasteiger partial charge in [-0.15, -0.1) is 0 Å². The zero-order valence-corrected chi connectivity index (χ0v) is 19.5. The van der Waals surface area contributed by atoms with Gasteiger partial charge in [-0.05, 0) is 51.1 Å². The Labute approximate surface area is 188 Å². The van der Waals surface area contributed by atoms with Crippen molar-refractivity contribution in [3.05, 3.63) is 70.4 Å². The summed E-state index contributed by atoms with van der Waals surface area (Å²) in [6.45, 7) is 5.22. The van der Waals surface area contributed by atoms with Crippen molar-refractivity contribution in [1.29, 1.82) is 0 Å². The van der Waals surface area contributed by atoms with E-state index in [0.29, 0.717) is 38.8 Å². The van der Waals surface area contributed by atoms with E-state index >= 15 is 0 Å². The molecule has 0 saturated heterocycles. The lowest BCUT2D eigenvalue weighted by Crippen LogP contribution is -2.14. The predicted molar refractivity (Wildman–Crippen MR) is 124 cm³/mol. The van der Waals surface area contributed by atoms with Crippen LogP contribution in [-0.4, -0.2) is 20.5 Å². The number of ether oxygens (including phenoxy) is 1. The number of fused-ring (bicyclic) bond motifs is 3. The monoisotopic (exact) mass is 501 g/mol. The third-order valence-corrected chi connectivity index (χ3v) is 6.70. The van der Waals surface area contributed by atoms with Crippen LogP contribution in [0, 0.1) is 6.92 Å². The van der Waals surface area contributed by atoms with Crippen LogP contribution in [0.5, 0.6) is 0 Å². The number of anilines is 1. The standard InChI is InChI=1S/C23H20BrNO5S/c1-13(2)29-23(26)21-14(3)30-22-18-7-5-4-6-17(18)20(12-19(21)22)25-31(27,28)16-10-8-15(24)9-11-16/h4-13,25H,1-3H3. The van der Waals surface area contributed by atoms with Gasteiger partial charge in [0.25, 0.3) is 10.0 Å². The van der Waals surface area contributed by atoms with E-state index in [1.807, 2.05) is 18.2 Å². The molecule has 4 rings (SSSR count). The summed E-state index contributed by atoms with van der Waals surface area (Å²) in [6, 6.07) is 15.3. The Balaban J connectivity index is 1.92. The van der Waals surface area contributed by atoms with Gasteiger partial charge in [0.2, 0.25) is 0 Å². The number of hydrogen-bond donors (Lipinski definition) is 1. The number of carbonyl (C=O) groups is 1. The molecular weight excluding hydrogens is 482 g/mol. The highest BCUT2D eigenvalue weighted by atomic mass is 79.9. The van der Waals surface area contributed by atoms with Crippen molar-refractivity contribution < 1.29 is 22.4 Å². The highest BCUT2D eigenvalue weighted by molar-refractivity contribution is 9.10. The van der Waals surface area contributed by atoms with Crippen LogP contribution < -0.4 is 4.72 Å². The predicted octanol–water partition coefficient (Wildman–Crippen LogP) is 6.02. The number of benzene rings is 3. The number of carbonyl (C=O) groups excluding carboxylic acids is 1. The first-order valence-electron chi connectivity index (χ1n) is 9.61. The molecule has 0 aliphatic heterocycles. The third kappa shape index (κ3) is 4.05. The maximum atomic E-state index is 13.0. The smallest absolute Gasteiger partial charge is 0.342 e. The number of nitrogens with one attached hydrogen (secondary N) is 1.